The molecule has 2 aliphatic rings. The molecule has 4 heterocycles. The van der Waals surface area contributed by atoms with Gasteiger partial charge in [0.1, 0.15) is 18.1 Å². The highest BCUT2D eigenvalue weighted by Crippen LogP contribution is 2.40. The Kier molecular flexibility index (Phi) is 9.64. The van der Waals surface area contributed by atoms with Crippen LogP contribution in [0.25, 0.3) is 10.8 Å². The number of aromatic nitrogens is 2. The molecule has 47 heavy (non-hydrogen) atoms. The van der Waals surface area contributed by atoms with Gasteiger partial charge in [-0.3, -0.25) is 19.5 Å². The second-order valence-electron chi connectivity index (χ2n) is 11.7. The van der Waals surface area contributed by atoms with Gasteiger partial charge in [-0.1, -0.05) is 5.16 Å². The van der Waals surface area contributed by atoms with Gasteiger partial charge < -0.3 is 25.7 Å². The number of fused-ring (bicyclic) bond motifs is 1. The molecule has 2 fully saturated rings. The fourth-order valence-corrected chi connectivity index (χ4v) is 6.12. The number of hydrogen-bond donors (Lipinski definition) is 5. The molecule has 2 atom stereocenters. The molecule has 2 aromatic heterocycles. The number of ether oxygens (including phenoxy) is 1. The number of benzene rings is 1. The molecular weight excluding hydrogens is 658 g/mol. The Morgan fingerprint density at radius 1 is 1.32 bits per heavy atom. The van der Waals surface area contributed by atoms with Crippen molar-refractivity contribution in [1.29, 1.82) is 0 Å². The van der Waals surface area contributed by atoms with Crippen molar-refractivity contribution in [3.8, 4) is 5.75 Å². The molecule has 0 spiro atoms. The van der Waals surface area contributed by atoms with Crippen molar-refractivity contribution in [2.45, 2.75) is 31.9 Å². The third-order valence-corrected chi connectivity index (χ3v) is 8.95. The standard InChI is InChI=1S/C28H33N7O10S2/c1-28(2)19(25(37)35(28)45-47(40,41)42)9-21(36)23(20-14-46-27(29)32-20)33-44-22(26(38)39)13-43-17-4-5-18-16(8-17)6-7-34(3)24(18)31-12-15-10-30-11-15/h4-8,14-15,19,22,30H,9-13H2,1-3H3,(H4,29,32,38,39,40,41,42)/p+1/b33-23-/t19?,22-/m0/s1. The van der Waals surface area contributed by atoms with Crippen LogP contribution in [0.2, 0.25) is 0 Å². The zero-order valence-electron chi connectivity index (χ0n) is 25.6. The topological polar surface area (TPSA) is 236 Å². The maximum atomic E-state index is 13.4. The quantitative estimate of drug-likeness (QED) is 0.0480. The van der Waals surface area contributed by atoms with Crippen molar-refractivity contribution in [2.75, 3.05) is 37.3 Å². The normalized spacial score (nSPS) is 18.7. The van der Waals surface area contributed by atoms with Crippen LogP contribution in [-0.4, -0.2) is 89.4 Å². The largest absolute Gasteiger partial charge is 0.489 e. The number of aryl methyl sites for hydroxylation is 1. The molecule has 0 saturated carbocycles. The molecule has 2 saturated heterocycles. The van der Waals surface area contributed by atoms with Gasteiger partial charge in [0.2, 0.25) is 0 Å². The Hall–Kier alpha value is -4.43. The molecule has 0 bridgehead atoms. The highest BCUT2D eigenvalue weighted by molar-refractivity contribution is 7.80. The van der Waals surface area contributed by atoms with E-state index in [1.165, 1.54) is 19.2 Å². The molecular formula is C28H34N7O10S2+. The van der Waals surface area contributed by atoms with Crippen LogP contribution in [0.3, 0.4) is 0 Å². The van der Waals surface area contributed by atoms with Gasteiger partial charge in [0.15, 0.2) is 16.6 Å². The van der Waals surface area contributed by atoms with Gasteiger partial charge in [-0.25, -0.2) is 14.3 Å². The van der Waals surface area contributed by atoms with Crippen LogP contribution in [0.1, 0.15) is 26.0 Å². The molecule has 3 aromatic rings. The maximum absolute atomic E-state index is 13.4. The summed E-state index contributed by atoms with van der Waals surface area (Å²) >= 11 is 0.994. The van der Waals surface area contributed by atoms with Gasteiger partial charge in [-0.15, -0.1) is 15.6 Å². The van der Waals surface area contributed by atoms with Crippen LogP contribution in [0.4, 0.5) is 10.9 Å². The summed E-state index contributed by atoms with van der Waals surface area (Å²) in [6.07, 6.45) is -0.229. The van der Waals surface area contributed by atoms with Crippen LogP contribution in [-0.2, 0) is 41.0 Å². The number of nitrogens with zero attached hydrogens (tertiary/aromatic N) is 4. The van der Waals surface area contributed by atoms with Crippen LogP contribution >= 0.6 is 11.3 Å². The summed E-state index contributed by atoms with van der Waals surface area (Å²) in [5.74, 6) is -2.26. The van der Waals surface area contributed by atoms with Gasteiger partial charge in [-0.2, -0.15) is 13.5 Å². The number of hydroxylamine groups is 2. The minimum atomic E-state index is -4.99. The maximum Gasteiger partial charge on any atom is 0.418 e. The van der Waals surface area contributed by atoms with Crippen molar-refractivity contribution in [2.24, 2.45) is 24.0 Å². The van der Waals surface area contributed by atoms with E-state index >= 15 is 0 Å². The van der Waals surface area contributed by atoms with Gasteiger partial charge in [-0.05, 0) is 43.5 Å². The van der Waals surface area contributed by atoms with Crippen LogP contribution in [0.5, 0.6) is 5.75 Å². The van der Waals surface area contributed by atoms with E-state index in [1.807, 2.05) is 29.9 Å². The fourth-order valence-electron chi connectivity index (χ4n) is 5.12. The summed E-state index contributed by atoms with van der Waals surface area (Å²) in [6.45, 7) is 5.15. The molecule has 0 radical (unpaired) electrons. The van der Waals surface area contributed by atoms with Gasteiger partial charge >= 0.3 is 16.4 Å². The summed E-state index contributed by atoms with van der Waals surface area (Å²) < 4.78 is 43.3. The Balaban J connectivity index is 1.29. The molecule has 2 aliphatic heterocycles. The first-order valence-electron chi connectivity index (χ1n) is 14.4. The number of carbonyl (C=O) groups excluding carboxylic acids is 2. The summed E-state index contributed by atoms with van der Waals surface area (Å²) in [5.41, 5.74) is 4.00. The van der Waals surface area contributed by atoms with Gasteiger partial charge in [0, 0.05) is 30.8 Å². The van der Waals surface area contributed by atoms with Gasteiger partial charge in [0.05, 0.1) is 36.6 Å². The molecule has 252 valence electrons. The van der Waals surface area contributed by atoms with Crippen LogP contribution in [0.15, 0.2) is 41.0 Å². The Bertz CT molecular complexity index is 1840. The number of amides is 1. The monoisotopic (exact) mass is 692 g/mol. The van der Waals surface area contributed by atoms with Crippen molar-refractivity contribution in [1.82, 2.24) is 15.4 Å². The second-order valence-corrected chi connectivity index (χ2v) is 13.5. The third-order valence-electron chi connectivity index (χ3n) is 7.94. The van der Waals surface area contributed by atoms with E-state index in [1.54, 1.807) is 12.1 Å². The number of anilines is 2. The van der Waals surface area contributed by atoms with Crippen molar-refractivity contribution in [3.63, 3.8) is 0 Å². The Labute approximate surface area is 273 Å². The summed E-state index contributed by atoms with van der Waals surface area (Å²) in [7, 11) is -3.05. The highest BCUT2D eigenvalue weighted by atomic mass is 32.3. The molecule has 5 rings (SSSR count). The van der Waals surface area contributed by atoms with Crippen molar-refractivity contribution < 1.29 is 50.9 Å². The number of pyridine rings is 1. The zero-order valence-corrected chi connectivity index (χ0v) is 27.2. The van der Waals surface area contributed by atoms with E-state index in [-0.39, 0.29) is 10.8 Å². The molecule has 19 heteroatoms. The number of thiazole rings is 1. The van der Waals surface area contributed by atoms with E-state index in [9.17, 15) is 27.9 Å². The SMILES string of the molecule is C[n+]1ccc2cc(OC[C@H](O/N=C(\C(=O)CC3C(=O)N(OS(=O)(=O)O)C3(C)C)c3csc(N)n3)C(=O)O)ccc2c1NCC1CNC1. The first kappa shape index (κ1) is 33.9. The lowest BCUT2D eigenvalue weighted by Crippen LogP contribution is -2.68. The van der Waals surface area contributed by atoms with E-state index in [0.29, 0.717) is 16.7 Å². The number of oxime groups is 1. The number of nitrogen functional groups attached to an aromatic ring is 1. The van der Waals surface area contributed by atoms with Crippen molar-refractivity contribution in [3.05, 3.63) is 41.5 Å². The Morgan fingerprint density at radius 2 is 2.06 bits per heavy atom. The number of Topliss-reactive ketones (excluding diaryl/α,β-unsaturated/α-hetero) is 1. The minimum Gasteiger partial charge on any atom is -0.489 e. The molecule has 6 N–H and O–H groups in total. The predicted molar refractivity (Wildman–Crippen MR) is 168 cm³/mol. The molecule has 1 unspecified atom stereocenters. The summed E-state index contributed by atoms with van der Waals surface area (Å²) in [6, 6.07) is 7.26. The molecule has 1 amide bonds. The Morgan fingerprint density at radius 3 is 2.66 bits per heavy atom. The van der Waals surface area contributed by atoms with Crippen LogP contribution < -0.4 is 25.7 Å². The predicted octanol–water partition coefficient (Wildman–Crippen LogP) is 0.518. The molecule has 1 aromatic carbocycles. The number of carboxylic acid groups (broad SMARTS) is 1. The lowest BCUT2D eigenvalue weighted by atomic mass is 9.74. The number of aliphatic carboxylic acids is 1. The first-order chi connectivity index (χ1) is 22.1. The first-order valence-corrected chi connectivity index (χ1v) is 16.6. The zero-order chi connectivity index (χ0) is 34.1. The van der Waals surface area contributed by atoms with E-state index in [0.717, 1.165) is 47.6 Å². The van der Waals surface area contributed by atoms with Crippen LogP contribution in [0, 0.1) is 11.8 Å². The number of ketones is 1. The number of carboxylic acids is 1. The lowest BCUT2D eigenvalue weighted by molar-refractivity contribution is -0.656. The molecule has 17 nitrogen and oxygen atoms in total. The van der Waals surface area contributed by atoms with Crippen molar-refractivity contribution >= 4 is 66.8 Å². The fraction of sp³-hybridized carbons (Fsp3) is 0.429. The average Bonchev–Trinajstić information content (AvgIpc) is 3.41. The van der Waals surface area contributed by atoms with E-state index < -0.39 is 64.4 Å². The lowest BCUT2D eigenvalue weighted by Gasteiger charge is -2.50. The average molecular weight is 693 g/mol. The highest BCUT2D eigenvalue weighted by Gasteiger charge is 2.57. The number of nitrogens with one attached hydrogen (secondary N) is 2. The smallest absolute Gasteiger partial charge is 0.418 e. The molecule has 0 aliphatic carbocycles. The number of β-lactam (4-membered cyclic amide) rings is 1. The van der Waals surface area contributed by atoms with Gasteiger partial charge in [0.25, 0.3) is 17.8 Å². The number of nitrogens with two attached hydrogens (primary N) is 1. The number of rotatable bonds is 15. The number of hydrogen-bond acceptors (Lipinski definition) is 14. The summed E-state index contributed by atoms with van der Waals surface area (Å²) in [5, 5.41) is 24.1. The summed E-state index contributed by atoms with van der Waals surface area (Å²) in [4.78, 5) is 47.3. The minimum absolute atomic E-state index is 0.0149. The van der Waals surface area contributed by atoms with E-state index in [2.05, 4.69) is 25.1 Å². The van der Waals surface area contributed by atoms with E-state index in [4.69, 9.17) is 19.9 Å². The third kappa shape index (κ3) is 7.60. The number of carbonyl (C=O) groups is 3. The second kappa shape index (κ2) is 13.4.